The molecule has 11 aromatic carbocycles. The largest absolute Gasteiger partial charge is 0.455 e. The maximum atomic E-state index is 10.6. The molecule has 0 unspecified atom stereocenters. The van der Waals surface area contributed by atoms with Gasteiger partial charge in [0.2, 0.25) is 0 Å². The molecular formula is C67H45NOS. The zero-order valence-corrected chi connectivity index (χ0v) is 36.6. The highest BCUT2D eigenvalue weighted by atomic mass is 32.1. The number of hydrogen-bond donors (Lipinski definition) is 0. The zero-order valence-electron chi connectivity index (χ0n) is 74.8. The van der Waals surface area contributed by atoms with Crippen LogP contribution in [0.1, 0.15) is 78.4 Å². The van der Waals surface area contributed by atoms with E-state index in [9.17, 15) is 28.8 Å². The summed E-state index contributed by atoms with van der Waals surface area (Å²) < 4.78 is 372. The van der Waals surface area contributed by atoms with Crippen LogP contribution in [-0.2, 0) is 5.41 Å². The summed E-state index contributed by atoms with van der Waals surface area (Å²) in [4.78, 5) is 0.269. The van der Waals surface area contributed by atoms with E-state index >= 15 is 0 Å². The molecule has 0 fully saturated rings. The lowest BCUT2D eigenvalue weighted by Crippen LogP contribution is -2.14. The van der Waals surface area contributed by atoms with Crippen molar-refractivity contribution < 1.29 is 57.9 Å². The first-order valence-electron chi connectivity index (χ1n) is 40.5. The number of anilines is 3. The van der Waals surface area contributed by atoms with Gasteiger partial charge in [-0.1, -0.05) is 189 Å². The van der Waals surface area contributed by atoms with Crippen molar-refractivity contribution >= 4 is 81.3 Å². The minimum absolute atomic E-state index is 0.141. The quantitative estimate of drug-likeness (QED) is 0.158. The first kappa shape index (κ1) is 17.5. The Balaban J connectivity index is 1.23. The van der Waals surface area contributed by atoms with E-state index in [1.54, 1.807) is 0 Å². The molecule has 1 aliphatic rings. The molecule has 70 heavy (non-hydrogen) atoms. The van der Waals surface area contributed by atoms with Crippen LogP contribution in [0.3, 0.4) is 0 Å². The maximum absolute atomic E-state index is 10.6. The van der Waals surface area contributed by atoms with Crippen LogP contribution in [0.5, 0.6) is 0 Å². The van der Waals surface area contributed by atoms with Crippen LogP contribution < -0.4 is 4.90 Å². The van der Waals surface area contributed by atoms with Gasteiger partial charge in [-0.3, -0.25) is 0 Å². The number of benzene rings is 11. The number of nitrogens with zero attached hydrogens (tertiary/aromatic N) is 1. The van der Waals surface area contributed by atoms with Crippen molar-refractivity contribution in [3.05, 3.63) is 247 Å². The summed E-state index contributed by atoms with van der Waals surface area (Å²) in [5, 5.41) is -3.87. The highest BCUT2D eigenvalue weighted by Gasteiger charge is 2.35. The Morgan fingerprint density at radius 2 is 1.04 bits per heavy atom. The van der Waals surface area contributed by atoms with Crippen LogP contribution >= 0.6 is 11.3 Å². The summed E-state index contributed by atoms with van der Waals surface area (Å²) in [5.41, 5.74) is -16.4. The normalized spacial score (nSPS) is 20.6. The minimum atomic E-state index is -1.71. The summed E-state index contributed by atoms with van der Waals surface area (Å²) in [6, 6.07) is -41.0. The van der Waals surface area contributed by atoms with Gasteiger partial charge in [0, 0.05) is 58.7 Å². The molecule has 13 aromatic rings. The molecule has 0 radical (unpaired) electrons. The van der Waals surface area contributed by atoms with Crippen molar-refractivity contribution in [1.29, 1.82) is 0 Å². The molecule has 1 aliphatic carbocycles. The van der Waals surface area contributed by atoms with Gasteiger partial charge in [0.25, 0.3) is 0 Å². The smallest absolute Gasteiger partial charge is 0.143 e. The van der Waals surface area contributed by atoms with Crippen molar-refractivity contribution in [1.82, 2.24) is 0 Å². The Morgan fingerprint density at radius 1 is 0.429 bits per heavy atom. The van der Waals surface area contributed by atoms with E-state index in [4.69, 9.17) is 29.1 Å². The average molecular weight is 951 g/mol. The molecule has 2 aromatic heterocycles. The van der Waals surface area contributed by atoms with E-state index in [1.165, 1.54) is 13.8 Å². The van der Waals surface area contributed by atoms with Gasteiger partial charge in [-0.25, -0.2) is 0 Å². The standard InChI is InChI=1S/C67H45NOS/c1-67(2)58-24-10-8-20-53(58)54-36-31-47(41-59(54)67)46-17-12-18-48(40-46)63-60(38-39-61-64(63)57-37-30-44-16-6-7-19-51(44)65(57)69-61)68(49-32-26-43(27-33-49)42-14-4-3-5-15-42)50-34-28-45(29-35-50)52-22-13-23-56-55-21-9-11-25-62(55)70-66(52)56/h3-41H,1-2H3/i3D,4D,5D,6D,7D,8D,9D,10D,11D,12D,13D,14D,15D,16D,17D,18D,19D,20D,21D,22D,23D,24D,25D,26D,27D,28D,29D,30D,31D,32D,33D,34D,35D,36D,37D,38D,39D,40D,41D. The molecule has 0 saturated heterocycles. The number of thiophene rings is 1. The third-order valence-electron chi connectivity index (χ3n) is 11.9. The third-order valence-corrected chi connectivity index (χ3v) is 13.0. The second kappa shape index (κ2) is 15.8. The van der Waals surface area contributed by atoms with Crippen LogP contribution in [-0.4, -0.2) is 0 Å². The molecule has 2 nitrogen and oxygen atoms in total. The first-order valence-corrected chi connectivity index (χ1v) is 21.8. The fourth-order valence-electron chi connectivity index (χ4n) is 8.64. The fourth-order valence-corrected chi connectivity index (χ4v) is 9.71. The number of hydrogen-bond acceptors (Lipinski definition) is 3. The predicted octanol–water partition coefficient (Wildman–Crippen LogP) is 19.6. The van der Waals surface area contributed by atoms with Crippen LogP contribution in [0.15, 0.2) is 240 Å². The van der Waals surface area contributed by atoms with E-state index in [-0.39, 0.29) is 41.9 Å². The third kappa shape index (κ3) is 6.32. The fraction of sp³-hybridized carbons (Fsp3) is 0.0448. The summed E-state index contributed by atoms with van der Waals surface area (Å²) in [6.45, 7) is 2.84. The first-order chi connectivity index (χ1) is 50.7. The van der Waals surface area contributed by atoms with Crippen LogP contribution in [0, 0.1) is 0 Å². The molecular weight excluding hydrogens is 867 g/mol. The molecule has 0 bridgehead atoms. The zero-order chi connectivity index (χ0) is 80.4. The van der Waals surface area contributed by atoms with Crippen molar-refractivity contribution in [2.24, 2.45) is 0 Å². The Bertz CT molecular complexity index is 6490. The molecule has 0 aliphatic heterocycles. The molecule has 3 heteroatoms. The monoisotopic (exact) mass is 951 g/mol. The van der Waals surface area contributed by atoms with Gasteiger partial charge in [-0.15, -0.1) is 11.3 Å². The molecule has 14 rings (SSSR count). The summed E-state index contributed by atoms with van der Waals surface area (Å²) >= 11 is 0.514. The Morgan fingerprint density at radius 3 is 1.89 bits per heavy atom. The van der Waals surface area contributed by atoms with E-state index < -0.39 is 341 Å². The second-order valence-corrected chi connectivity index (χ2v) is 17.2. The van der Waals surface area contributed by atoms with Gasteiger partial charge in [-0.2, -0.15) is 0 Å². The predicted molar refractivity (Wildman–Crippen MR) is 298 cm³/mol. The Hall–Kier alpha value is -8.50. The number of fused-ring (bicyclic) bond motifs is 11. The van der Waals surface area contributed by atoms with Gasteiger partial charge >= 0.3 is 0 Å². The van der Waals surface area contributed by atoms with Gasteiger partial charge < -0.3 is 9.32 Å². The van der Waals surface area contributed by atoms with E-state index in [0.717, 1.165) is 0 Å². The average Bonchev–Trinajstić information content (AvgIpc) is 1.58. The minimum Gasteiger partial charge on any atom is -0.455 e. The molecule has 0 N–H and O–H groups in total. The number of rotatable bonds is 7. The summed E-state index contributed by atoms with van der Waals surface area (Å²) in [6.07, 6.45) is 0. The Kier molecular flexibility index (Phi) is 3.94. The SMILES string of the molecule is [2H]c1c([2H])c([2H])c(-c2c([2H])c([2H])c(N(c3c([2H])c([2H])c(-c4c([2H])c([2H])c([2H])c5c4sc4c([2H])c([2H])c([2H])c([2H])c45)c([2H])c3[2H])c3c([2H])c([2H])c4oc5c6c([2H])c([2H])c([2H])c([2H])c6c([2H])c([2H])c5c4c3-c3c([2H])c([2H])c([2H])c(-c4c([2H])c([2H])c5c(c4[2H])C(C)(C)c4c([2H])c([2H])c([2H])c([2H])c4-5)c3[2H])c([2H])c2[2H])c([2H])c1[2H]. The lowest BCUT2D eigenvalue weighted by Gasteiger charge is -2.29. The van der Waals surface area contributed by atoms with Crippen LogP contribution in [0.2, 0.25) is 0 Å². The van der Waals surface area contributed by atoms with Crippen LogP contribution in [0.4, 0.5) is 17.1 Å². The second-order valence-electron chi connectivity index (χ2n) is 16.2. The van der Waals surface area contributed by atoms with E-state index in [2.05, 4.69) is 0 Å². The van der Waals surface area contributed by atoms with Gasteiger partial charge in [0.15, 0.2) is 0 Å². The summed E-state index contributed by atoms with van der Waals surface area (Å²) in [7, 11) is 0. The molecule has 330 valence electrons. The highest BCUT2D eigenvalue weighted by molar-refractivity contribution is 7.26. The highest BCUT2D eigenvalue weighted by Crippen LogP contribution is 2.52. The van der Waals surface area contributed by atoms with Crippen molar-refractivity contribution in [3.63, 3.8) is 0 Å². The van der Waals surface area contributed by atoms with E-state index in [0.29, 0.717) is 11.3 Å². The van der Waals surface area contributed by atoms with Crippen molar-refractivity contribution in [2.45, 2.75) is 19.3 Å². The molecule has 0 atom stereocenters. The maximum Gasteiger partial charge on any atom is 0.143 e. The van der Waals surface area contributed by atoms with Gasteiger partial charge in [0.05, 0.1) is 59.1 Å². The lowest BCUT2D eigenvalue weighted by molar-refractivity contribution is 0.660. The Labute approximate surface area is 465 Å². The number of furan rings is 1. The van der Waals surface area contributed by atoms with Crippen molar-refractivity contribution in [2.75, 3.05) is 4.90 Å². The molecule has 0 saturated carbocycles. The molecule has 0 amide bonds. The topological polar surface area (TPSA) is 16.4 Å². The van der Waals surface area contributed by atoms with E-state index in [1.807, 2.05) is 0 Å². The van der Waals surface area contributed by atoms with Gasteiger partial charge in [0.1, 0.15) is 11.2 Å². The lowest BCUT2D eigenvalue weighted by atomic mass is 9.81. The van der Waals surface area contributed by atoms with Gasteiger partial charge in [-0.05, 0) is 127 Å². The molecule has 2 heterocycles. The molecule has 0 spiro atoms. The van der Waals surface area contributed by atoms with Crippen molar-refractivity contribution in [3.8, 4) is 55.6 Å². The van der Waals surface area contributed by atoms with Crippen LogP contribution in [0.25, 0.3) is 109 Å². The summed E-state index contributed by atoms with van der Waals surface area (Å²) in [5.74, 6) is 0.